The maximum atomic E-state index is 12.3. The third kappa shape index (κ3) is 4.12. The van der Waals surface area contributed by atoms with Gasteiger partial charge in [0, 0.05) is 17.0 Å². The highest BCUT2D eigenvalue weighted by molar-refractivity contribution is 9.08. The first-order valence-corrected chi connectivity index (χ1v) is 6.00. The van der Waals surface area contributed by atoms with Gasteiger partial charge < -0.3 is 9.84 Å². The summed E-state index contributed by atoms with van der Waals surface area (Å²) < 4.78 is 28.6. The van der Waals surface area contributed by atoms with Crippen LogP contribution in [0.3, 0.4) is 0 Å². The molecule has 0 saturated heterocycles. The van der Waals surface area contributed by atoms with Crippen LogP contribution in [0.4, 0.5) is 14.5 Å². The van der Waals surface area contributed by atoms with Gasteiger partial charge in [0.1, 0.15) is 0 Å². The molecule has 19 heavy (non-hydrogen) atoms. The van der Waals surface area contributed by atoms with Crippen LogP contribution in [0.15, 0.2) is 12.1 Å². The van der Waals surface area contributed by atoms with E-state index in [0.717, 1.165) is 6.07 Å². The molecule has 0 fully saturated rings. The van der Waals surface area contributed by atoms with Crippen molar-refractivity contribution in [2.75, 3.05) is 0 Å². The Bertz CT molecular complexity index is 509. The molecule has 1 aromatic carbocycles. The standard InChI is InChI=1S/C10H8BrF2NO5/c11-4-5-1-6(3-8(15)16)9(19-10(12)13)7(2-5)14(17)18/h1-2,10H,3-4H2,(H,15,16). The van der Waals surface area contributed by atoms with Gasteiger partial charge in [-0.15, -0.1) is 0 Å². The largest absolute Gasteiger partial charge is 0.481 e. The number of aliphatic carboxylic acids is 1. The zero-order valence-corrected chi connectivity index (χ0v) is 10.9. The molecule has 6 nitrogen and oxygen atoms in total. The molecule has 0 spiro atoms. The highest BCUT2D eigenvalue weighted by atomic mass is 79.9. The molecule has 0 aliphatic heterocycles. The van der Waals surface area contributed by atoms with Crippen molar-refractivity contribution >= 4 is 27.6 Å². The van der Waals surface area contributed by atoms with E-state index in [9.17, 15) is 23.7 Å². The van der Waals surface area contributed by atoms with E-state index in [2.05, 4.69) is 20.7 Å². The highest BCUT2D eigenvalue weighted by Crippen LogP contribution is 2.35. The molecule has 0 atom stereocenters. The summed E-state index contributed by atoms with van der Waals surface area (Å²) in [5.41, 5.74) is -0.463. The van der Waals surface area contributed by atoms with Crippen LogP contribution in [0.2, 0.25) is 0 Å². The number of rotatable bonds is 6. The minimum absolute atomic E-state index is 0.170. The topological polar surface area (TPSA) is 89.7 Å². The number of benzene rings is 1. The van der Waals surface area contributed by atoms with Crippen molar-refractivity contribution in [2.24, 2.45) is 0 Å². The maximum absolute atomic E-state index is 12.3. The summed E-state index contributed by atoms with van der Waals surface area (Å²) >= 11 is 3.06. The van der Waals surface area contributed by atoms with E-state index in [4.69, 9.17) is 5.11 Å². The SMILES string of the molecule is O=C(O)Cc1cc(CBr)cc([N+](=O)[O-])c1OC(F)F. The maximum Gasteiger partial charge on any atom is 0.387 e. The Balaban J connectivity index is 3.41. The van der Waals surface area contributed by atoms with Crippen molar-refractivity contribution in [3.63, 3.8) is 0 Å². The minimum Gasteiger partial charge on any atom is -0.481 e. The number of carboxylic acids is 1. The molecule has 0 bridgehead atoms. The van der Waals surface area contributed by atoms with E-state index >= 15 is 0 Å². The summed E-state index contributed by atoms with van der Waals surface area (Å²) in [5.74, 6) is -2.02. The summed E-state index contributed by atoms with van der Waals surface area (Å²) in [6.07, 6.45) is -0.649. The number of hydrogen-bond donors (Lipinski definition) is 1. The van der Waals surface area contributed by atoms with Crippen molar-refractivity contribution in [3.05, 3.63) is 33.4 Å². The number of nitro groups is 1. The molecule has 0 aromatic heterocycles. The number of nitro benzene ring substituents is 1. The summed E-state index contributed by atoms with van der Waals surface area (Å²) in [4.78, 5) is 20.6. The summed E-state index contributed by atoms with van der Waals surface area (Å²) in [5, 5.41) is 19.7. The lowest BCUT2D eigenvalue weighted by atomic mass is 10.1. The predicted octanol–water partition coefficient (Wildman–Crippen LogP) is 2.72. The monoisotopic (exact) mass is 339 g/mol. The van der Waals surface area contributed by atoms with E-state index in [-0.39, 0.29) is 10.9 Å². The summed E-state index contributed by atoms with van der Waals surface area (Å²) in [6, 6.07) is 2.32. The van der Waals surface area contributed by atoms with Gasteiger partial charge in [0.25, 0.3) is 0 Å². The molecular weight excluding hydrogens is 332 g/mol. The third-order valence-electron chi connectivity index (χ3n) is 2.11. The van der Waals surface area contributed by atoms with E-state index in [1.807, 2.05) is 0 Å². The van der Waals surface area contributed by atoms with Crippen LogP contribution < -0.4 is 4.74 Å². The number of hydrogen-bond acceptors (Lipinski definition) is 4. The normalized spacial score (nSPS) is 10.5. The van der Waals surface area contributed by atoms with E-state index in [1.165, 1.54) is 6.07 Å². The molecule has 0 amide bonds. The predicted molar refractivity (Wildman–Crippen MR) is 63.7 cm³/mol. The Morgan fingerprint density at radius 3 is 2.58 bits per heavy atom. The lowest BCUT2D eigenvalue weighted by Crippen LogP contribution is -2.10. The van der Waals surface area contributed by atoms with Gasteiger partial charge in [0.15, 0.2) is 0 Å². The molecule has 1 rings (SSSR count). The van der Waals surface area contributed by atoms with Crippen molar-refractivity contribution < 1.29 is 28.3 Å². The average Bonchev–Trinajstić information content (AvgIpc) is 2.29. The van der Waals surface area contributed by atoms with Crippen molar-refractivity contribution in [3.8, 4) is 5.75 Å². The summed E-state index contributed by atoms with van der Waals surface area (Å²) in [7, 11) is 0. The summed E-state index contributed by atoms with van der Waals surface area (Å²) in [6.45, 7) is -3.28. The zero-order chi connectivity index (χ0) is 14.6. The molecular formula is C10H8BrF2NO5. The molecule has 0 unspecified atom stereocenters. The van der Waals surface area contributed by atoms with Crippen LogP contribution in [-0.4, -0.2) is 22.6 Å². The number of carbonyl (C=O) groups is 1. The number of alkyl halides is 3. The number of carboxylic acid groups (broad SMARTS) is 1. The lowest BCUT2D eigenvalue weighted by molar-refractivity contribution is -0.386. The Labute approximate surface area is 114 Å². The molecule has 1 N–H and O–H groups in total. The van der Waals surface area contributed by atoms with Crippen molar-refractivity contribution in [1.82, 2.24) is 0 Å². The van der Waals surface area contributed by atoms with Gasteiger partial charge >= 0.3 is 18.3 Å². The van der Waals surface area contributed by atoms with Gasteiger partial charge in [-0.1, -0.05) is 22.0 Å². The molecule has 0 radical (unpaired) electrons. The number of halogens is 3. The first-order chi connectivity index (χ1) is 8.85. The second-order valence-corrected chi connectivity index (χ2v) is 4.00. The average molecular weight is 340 g/mol. The zero-order valence-electron chi connectivity index (χ0n) is 9.31. The number of nitrogens with zero attached hydrogens (tertiary/aromatic N) is 1. The Morgan fingerprint density at radius 1 is 1.53 bits per heavy atom. The molecule has 0 aliphatic rings. The smallest absolute Gasteiger partial charge is 0.387 e. The van der Waals surface area contributed by atoms with Crippen LogP contribution in [0.25, 0.3) is 0 Å². The molecule has 0 saturated carbocycles. The van der Waals surface area contributed by atoms with Gasteiger partial charge in [-0.05, 0) is 5.56 Å². The highest BCUT2D eigenvalue weighted by Gasteiger charge is 2.25. The molecule has 0 heterocycles. The second-order valence-electron chi connectivity index (χ2n) is 3.44. The van der Waals surface area contributed by atoms with E-state index in [0.29, 0.717) is 5.56 Å². The fraction of sp³-hybridized carbons (Fsp3) is 0.300. The van der Waals surface area contributed by atoms with Crippen LogP contribution >= 0.6 is 15.9 Å². The number of ether oxygens (including phenoxy) is 1. The fourth-order valence-corrected chi connectivity index (χ4v) is 1.79. The van der Waals surface area contributed by atoms with Crippen LogP contribution in [-0.2, 0) is 16.5 Å². The molecule has 104 valence electrons. The van der Waals surface area contributed by atoms with Crippen LogP contribution in [0, 0.1) is 10.1 Å². The first-order valence-electron chi connectivity index (χ1n) is 4.88. The van der Waals surface area contributed by atoms with Crippen molar-refractivity contribution in [2.45, 2.75) is 18.4 Å². The van der Waals surface area contributed by atoms with Crippen LogP contribution in [0.5, 0.6) is 5.75 Å². The van der Waals surface area contributed by atoms with E-state index in [1.54, 1.807) is 0 Å². The van der Waals surface area contributed by atoms with Gasteiger partial charge in [0.05, 0.1) is 11.3 Å². The molecule has 9 heteroatoms. The Kier molecular flexibility index (Phi) is 5.16. The molecule has 0 aliphatic carbocycles. The second kappa shape index (κ2) is 6.41. The Morgan fingerprint density at radius 2 is 2.16 bits per heavy atom. The quantitative estimate of drug-likeness (QED) is 0.489. The van der Waals surface area contributed by atoms with Gasteiger partial charge in [-0.2, -0.15) is 8.78 Å². The lowest BCUT2D eigenvalue weighted by Gasteiger charge is -2.11. The third-order valence-corrected chi connectivity index (χ3v) is 2.75. The molecule has 1 aromatic rings. The van der Waals surface area contributed by atoms with Crippen LogP contribution in [0.1, 0.15) is 11.1 Å². The van der Waals surface area contributed by atoms with E-state index < -0.39 is 35.4 Å². The fourth-order valence-electron chi connectivity index (χ4n) is 1.47. The minimum atomic E-state index is -3.28. The Hall–Kier alpha value is -1.77. The first kappa shape index (κ1) is 15.3. The van der Waals surface area contributed by atoms with Gasteiger partial charge in [-0.25, -0.2) is 0 Å². The van der Waals surface area contributed by atoms with Gasteiger partial charge in [0.2, 0.25) is 5.75 Å². The van der Waals surface area contributed by atoms with Crippen molar-refractivity contribution in [1.29, 1.82) is 0 Å². The van der Waals surface area contributed by atoms with Gasteiger partial charge in [-0.3, -0.25) is 14.9 Å².